The van der Waals surface area contributed by atoms with Crippen molar-refractivity contribution in [3.05, 3.63) is 23.9 Å². The van der Waals surface area contributed by atoms with Gasteiger partial charge in [-0.25, -0.2) is 0 Å². The molecule has 0 heterocycles. The first kappa shape index (κ1) is 12.0. The van der Waals surface area contributed by atoms with Crippen LogP contribution in [0.15, 0.2) is 23.9 Å². The van der Waals surface area contributed by atoms with Gasteiger partial charge in [-0.1, -0.05) is 25.5 Å². The molecule has 0 atom stereocenters. The Bertz CT molecular complexity index is 104. The maximum Gasteiger partial charge on any atom is 0.0112 e. The lowest BCUT2D eigenvalue weighted by Gasteiger charge is -1.85. The third kappa shape index (κ3) is 10.3. The average molecular weight is 142 g/mol. The Hall–Kier alpha value is -0.760. The predicted octanol–water partition coefficient (Wildman–Crippen LogP) is 1.39. The summed E-state index contributed by atoms with van der Waals surface area (Å²) in [6.45, 7) is 6.53. The van der Waals surface area contributed by atoms with Gasteiger partial charge in [0.25, 0.3) is 0 Å². The molecule has 0 saturated carbocycles. The highest BCUT2D eigenvalue weighted by molar-refractivity contribution is 5.14. The van der Waals surface area contributed by atoms with Gasteiger partial charge < -0.3 is 11.5 Å². The minimum Gasteiger partial charge on any atom is -0.405 e. The van der Waals surface area contributed by atoms with Crippen LogP contribution >= 0.6 is 0 Å². The van der Waals surface area contributed by atoms with Crippen LogP contribution in [0, 0.1) is 0 Å². The van der Waals surface area contributed by atoms with Crippen LogP contribution in [-0.2, 0) is 0 Å². The summed E-state index contributed by atoms with van der Waals surface area (Å²) in [6.07, 6.45) is 5.22. The SMILES string of the molecule is CC.CC(/C=C\N)=C/CN. The van der Waals surface area contributed by atoms with Gasteiger partial charge in [0, 0.05) is 6.54 Å². The molecule has 4 N–H and O–H groups in total. The molecular weight excluding hydrogens is 124 g/mol. The summed E-state index contributed by atoms with van der Waals surface area (Å²) >= 11 is 0. The van der Waals surface area contributed by atoms with E-state index in [2.05, 4.69) is 0 Å². The predicted molar refractivity (Wildman–Crippen MR) is 47.5 cm³/mol. The van der Waals surface area contributed by atoms with Crippen LogP contribution in [0.5, 0.6) is 0 Å². The van der Waals surface area contributed by atoms with Gasteiger partial charge in [-0.15, -0.1) is 0 Å². The van der Waals surface area contributed by atoms with Gasteiger partial charge >= 0.3 is 0 Å². The minimum atomic E-state index is 0.580. The zero-order valence-electron chi connectivity index (χ0n) is 7.09. The molecule has 2 nitrogen and oxygen atoms in total. The molecule has 0 aromatic heterocycles. The van der Waals surface area contributed by atoms with E-state index < -0.39 is 0 Å². The topological polar surface area (TPSA) is 52.0 Å². The molecule has 0 unspecified atom stereocenters. The van der Waals surface area contributed by atoms with Crippen molar-refractivity contribution in [3.8, 4) is 0 Å². The van der Waals surface area contributed by atoms with Crippen molar-refractivity contribution in [1.82, 2.24) is 0 Å². The van der Waals surface area contributed by atoms with Crippen LogP contribution < -0.4 is 11.5 Å². The van der Waals surface area contributed by atoms with Gasteiger partial charge in [-0.05, 0) is 19.2 Å². The van der Waals surface area contributed by atoms with Gasteiger partial charge in [0.1, 0.15) is 0 Å². The zero-order valence-corrected chi connectivity index (χ0v) is 7.09. The molecule has 0 aliphatic rings. The van der Waals surface area contributed by atoms with E-state index in [0.29, 0.717) is 6.54 Å². The van der Waals surface area contributed by atoms with Crippen molar-refractivity contribution in [2.24, 2.45) is 11.5 Å². The van der Waals surface area contributed by atoms with Crippen LogP contribution in [0.25, 0.3) is 0 Å². The molecule has 0 aromatic rings. The Morgan fingerprint density at radius 2 is 1.90 bits per heavy atom. The molecule has 60 valence electrons. The lowest BCUT2D eigenvalue weighted by atomic mass is 10.3. The maximum absolute atomic E-state index is 5.21. The van der Waals surface area contributed by atoms with Crippen molar-refractivity contribution in [2.45, 2.75) is 20.8 Å². The summed E-state index contributed by atoms with van der Waals surface area (Å²) in [5.41, 5.74) is 11.4. The Morgan fingerprint density at radius 3 is 2.20 bits per heavy atom. The molecule has 0 aliphatic carbocycles. The molecular formula is C8H18N2. The van der Waals surface area contributed by atoms with Gasteiger partial charge in [-0.2, -0.15) is 0 Å². The van der Waals surface area contributed by atoms with E-state index in [0.717, 1.165) is 5.57 Å². The largest absolute Gasteiger partial charge is 0.405 e. The summed E-state index contributed by atoms with van der Waals surface area (Å²) in [5.74, 6) is 0. The van der Waals surface area contributed by atoms with E-state index in [1.807, 2.05) is 32.9 Å². The maximum atomic E-state index is 5.21. The first-order valence-corrected chi connectivity index (χ1v) is 3.56. The van der Waals surface area contributed by atoms with Crippen LogP contribution in [-0.4, -0.2) is 6.54 Å². The highest BCUT2D eigenvalue weighted by Crippen LogP contribution is 1.89. The summed E-state index contributed by atoms with van der Waals surface area (Å²) in [7, 11) is 0. The Balaban J connectivity index is 0. The fourth-order valence-electron chi connectivity index (χ4n) is 0.406. The fraction of sp³-hybridized carbons (Fsp3) is 0.500. The second-order valence-corrected chi connectivity index (χ2v) is 1.54. The first-order valence-electron chi connectivity index (χ1n) is 3.56. The standard InChI is InChI=1S/C6H12N2.C2H6/c1-6(2-4-7)3-5-8;1-2/h2-4H,5,7-8H2,1H3;1-2H3/b4-2-,6-3-;. The van der Waals surface area contributed by atoms with Crippen LogP contribution in [0.1, 0.15) is 20.8 Å². The lowest BCUT2D eigenvalue weighted by molar-refractivity contribution is 1.23. The molecule has 10 heavy (non-hydrogen) atoms. The molecule has 0 spiro atoms. The number of nitrogens with two attached hydrogens (primary N) is 2. The van der Waals surface area contributed by atoms with Crippen molar-refractivity contribution >= 4 is 0 Å². The van der Waals surface area contributed by atoms with E-state index in [-0.39, 0.29) is 0 Å². The van der Waals surface area contributed by atoms with Crippen molar-refractivity contribution in [3.63, 3.8) is 0 Å². The van der Waals surface area contributed by atoms with Crippen LogP contribution in [0.3, 0.4) is 0 Å². The first-order chi connectivity index (χ1) is 4.81. The molecule has 0 bridgehead atoms. The Kier molecular flexibility index (Phi) is 13.3. The smallest absolute Gasteiger partial charge is 0.0112 e. The highest BCUT2D eigenvalue weighted by atomic mass is 14.5. The third-order valence-electron chi connectivity index (χ3n) is 0.799. The van der Waals surface area contributed by atoms with Crippen molar-refractivity contribution in [2.75, 3.05) is 6.54 Å². The summed E-state index contributed by atoms with van der Waals surface area (Å²) in [6, 6.07) is 0. The molecule has 0 rings (SSSR count). The normalized spacial score (nSPS) is 11.0. The quantitative estimate of drug-likeness (QED) is 0.572. The van der Waals surface area contributed by atoms with Crippen LogP contribution in [0.4, 0.5) is 0 Å². The minimum absolute atomic E-state index is 0.580. The Morgan fingerprint density at radius 1 is 1.40 bits per heavy atom. The molecule has 0 aromatic carbocycles. The summed E-state index contributed by atoms with van der Waals surface area (Å²) in [4.78, 5) is 0. The monoisotopic (exact) mass is 142 g/mol. The van der Waals surface area contributed by atoms with Crippen molar-refractivity contribution < 1.29 is 0 Å². The van der Waals surface area contributed by atoms with E-state index in [1.54, 1.807) is 0 Å². The molecule has 0 radical (unpaired) electrons. The molecule has 0 fully saturated rings. The van der Waals surface area contributed by atoms with Gasteiger partial charge in [0.2, 0.25) is 0 Å². The highest BCUT2D eigenvalue weighted by Gasteiger charge is 1.74. The van der Waals surface area contributed by atoms with E-state index in [9.17, 15) is 0 Å². The Labute approximate surface area is 63.6 Å². The average Bonchev–Trinajstić information content (AvgIpc) is 1.93. The van der Waals surface area contributed by atoms with Crippen molar-refractivity contribution in [1.29, 1.82) is 0 Å². The second-order valence-electron chi connectivity index (χ2n) is 1.54. The number of hydrogen-bond acceptors (Lipinski definition) is 2. The van der Waals surface area contributed by atoms with Gasteiger partial charge in [0.05, 0.1) is 0 Å². The van der Waals surface area contributed by atoms with Gasteiger partial charge in [0.15, 0.2) is 0 Å². The number of hydrogen-bond donors (Lipinski definition) is 2. The third-order valence-corrected chi connectivity index (χ3v) is 0.799. The van der Waals surface area contributed by atoms with E-state index in [4.69, 9.17) is 11.5 Å². The fourth-order valence-corrected chi connectivity index (χ4v) is 0.406. The number of allylic oxidation sites excluding steroid dienone is 2. The van der Waals surface area contributed by atoms with E-state index >= 15 is 0 Å². The summed E-state index contributed by atoms with van der Waals surface area (Å²) in [5, 5.41) is 0. The zero-order chi connectivity index (χ0) is 8.41. The summed E-state index contributed by atoms with van der Waals surface area (Å²) < 4.78 is 0. The number of rotatable bonds is 2. The molecule has 0 aliphatic heterocycles. The molecule has 2 heteroatoms. The van der Waals surface area contributed by atoms with E-state index in [1.165, 1.54) is 6.20 Å². The lowest BCUT2D eigenvalue weighted by Crippen LogP contribution is -1.93. The van der Waals surface area contributed by atoms with Crippen LogP contribution in [0.2, 0.25) is 0 Å². The van der Waals surface area contributed by atoms with Gasteiger partial charge in [-0.3, -0.25) is 0 Å². The molecule has 0 saturated heterocycles. The second kappa shape index (κ2) is 11.1. The molecule has 0 amide bonds.